The van der Waals surface area contributed by atoms with Crippen LogP contribution in [0, 0.1) is 0 Å². The van der Waals surface area contributed by atoms with E-state index in [-0.39, 0.29) is 0 Å². The summed E-state index contributed by atoms with van der Waals surface area (Å²) in [5.74, 6) is 0.677. The van der Waals surface area contributed by atoms with Crippen LogP contribution in [0.3, 0.4) is 0 Å². The van der Waals surface area contributed by atoms with E-state index in [1.807, 2.05) is 25.3 Å². The number of rotatable bonds is 2. The van der Waals surface area contributed by atoms with Crippen LogP contribution < -0.4 is 4.90 Å². The standard InChI is InChI=1S/C8H11N5S/c1-13(2)7-9-4-5-6(11-7)12-8(10-5)14-3/h4H,1-3H3,(H,9,10,11,12). The van der Waals surface area contributed by atoms with Crippen LogP contribution in [0.5, 0.6) is 0 Å². The molecule has 2 heterocycles. The van der Waals surface area contributed by atoms with Crippen LogP contribution in [-0.2, 0) is 0 Å². The molecule has 5 nitrogen and oxygen atoms in total. The number of thioether (sulfide) groups is 1. The highest BCUT2D eigenvalue weighted by Crippen LogP contribution is 2.16. The van der Waals surface area contributed by atoms with E-state index in [0.29, 0.717) is 11.6 Å². The number of H-pyrrole nitrogens is 1. The molecule has 0 radical (unpaired) electrons. The second-order valence-corrected chi connectivity index (χ2v) is 3.84. The van der Waals surface area contributed by atoms with E-state index in [2.05, 4.69) is 19.9 Å². The fraction of sp³-hybridized carbons (Fsp3) is 0.375. The van der Waals surface area contributed by atoms with E-state index >= 15 is 0 Å². The number of nitrogens with one attached hydrogen (secondary N) is 1. The Morgan fingerprint density at radius 3 is 2.79 bits per heavy atom. The SMILES string of the molecule is CSc1nc2nc(N(C)C)ncc2[nH]1. The molecule has 1 N–H and O–H groups in total. The number of hydrogen-bond donors (Lipinski definition) is 1. The molecule has 0 spiro atoms. The Bertz CT molecular complexity index is 450. The summed E-state index contributed by atoms with van der Waals surface area (Å²) in [5, 5.41) is 0.866. The molecule has 0 fully saturated rings. The minimum Gasteiger partial charge on any atom is -0.347 e. The van der Waals surface area contributed by atoms with E-state index in [1.165, 1.54) is 0 Å². The summed E-state index contributed by atoms with van der Waals surface area (Å²) in [6.45, 7) is 0. The highest BCUT2D eigenvalue weighted by molar-refractivity contribution is 7.98. The van der Waals surface area contributed by atoms with Crippen molar-refractivity contribution in [1.82, 2.24) is 19.9 Å². The van der Waals surface area contributed by atoms with Crippen LogP contribution in [0.1, 0.15) is 0 Å². The Labute approximate surface area is 86.0 Å². The second-order valence-electron chi connectivity index (χ2n) is 3.05. The molecule has 0 amide bonds. The van der Waals surface area contributed by atoms with Crippen molar-refractivity contribution >= 4 is 28.9 Å². The molecule has 2 aromatic heterocycles. The number of imidazole rings is 1. The Kier molecular flexibility index (Phi) is 2.28. The minimum absolute atomic E-state index is 0.677. The number of nitrogens with zero attached hydrogens (tertiary/aromatic N) is 4. The van der Waals surface area contributed by atoms with Gasteiger partial charge < -0.3 is 9.88 Å². The van der Waals surface area contributed by atoms with Crippen LogP contribution in [0.25, 0.3) is 11.2 Å². The van der Waals surface area contributed by atoms with Crippen molar-refractivity contribution in [3.8, 4) is 0 Å². The molecule has 2 aromatic rings. The third kappa shape index (κ3) is 1.52. The van der Waals surface area contributed by atoms with Gasteiger partial charge in [-0.25, -0.2) is 9.97 Å². The average Bonchev–Trinajstić information content (AvgIpc) is 2.58. The molecule has 6 heteroatoms. The lowest BCUT2D eigenvalue weighted by molar-refractivity contribution is 1.01. The molecule has 0 saturated carbocycles. The predicted octanol–water partition coefficient (Wildman–Crippen LogP) is 1.14. The maximum absolute atomic E-state index is 4.30. The quantitative estimate of drug-likeness (QED) is 0.752. The van der Waals surface area contributed by atoms with Gasteiger partial charge in [0.25, 0.3) is 0 Å². The van der Waals surface area contributed by atoms with Gasteiger partial charge in [-0.15, -0.1) is 0 Å². The Morgan fingerprint density at radius 1 is 1.36 bits per heavy atom. The van der Waals surface area contributed by atoms with Gasteiger partial charge in [-0.2, -0.15) is 4.98 Å². The first-order valence-corrected chi connectivity index (χ1v) is 5.37. The van der Waals surface area contributed by atoms with E-state index in [9.17, 15) is 0 Å². The van der Waals surface area contributed by atoms with Crippen LogP contribution in [-0.4, -0.2) is 40.3 Å². The Balaban J connectivity index is 2.54. The van der Waals surface area contributed by atoms with Crippen molar-refractivity contribution in [2.75, 3.05) is 25.3 Å². The molecule has 14 heavy (non-hydrogen) atoms. The summed E-state index contributed by atoms with van der Waals surface area (Å²) in [5.41, 5.74) is 1.59. The van der Waals surface area contributed by atoms with E-state index in [1.54, 1.807) is 18.0 Å². The number of aromatic nitrogens is 4. The van der Waals surface area contributed by atoms with Gasteiger partial charge >= 0.3 is 0 Å². The highest BCUT2D eigenvalue weighted by Gasteiger charge is 2.05. The van der Waals surface area contributed by atoms with E-state index in [4.69, 9.17) is 0 Å². The number of hydrogen-bond acceptors (Lipinski definition) is 5. The van der Waals surface area contributed by atoms with E-state index in [0.717, 1.165) is 10.7 Å². The molecule has 2 rings (SSSR count). The van der Waals surface area contributed by atoms with Crippen LogP contribution in [0.15, 0.2) is 11.4 Å². The summed E-state index contributed by atoms with van der Waals surface area (Å²) in [7, 11) is 3.81. The number of fused-ring (bicyclic) bond motifs is 1. The first kappa shape index (κ1) is 9.26. The monoisotopic (exact) mass is 209 g/mol. The lowest BCUT2D eigenvalue weighted by Gasteiger charge is -2.07. The second kappa shape index (κ2) is 3.45. The van der Waals surface area contributed by atoms with Gasteiger partial charge in [0, 0.05) is 14.1 Å². The average molecular weight is 209 g/mol. The summed E-state index contributed by atoms with van der Waals surface area (Å²) in [6.07, 6.45) is 3.72. The molecule has 0 aliphatic heterocycles. The van der Waals surface area contributed by atoms with Crippen molar-refractivity contribution in [2.24, 2.45) is 0 Å². The largest absolute Gasteiger partial charge is 0.347 e. The van der Waals surface area contributed by atoms with Crippen molar-refractivity contribution in [1.29, 1.82) is 0 Å². The van der Waals surface area contributed by atoms with Gasteiger partial charge in [0.05, 0.1) is 6.20 Å². The summed E-state index contributed by atoms with van der Waals surface area (Å²) < 4.78 is 0. The van der Waals surface area contributed by atoms with Crippen LogP contribution >= 0.6 is 11.8 Å². The molecule has 0 bridgehead atoms. The number of aromatic amines is 1. The summed E-state index contributed by atoms with van der Waals surface area (Å²) in [6, 6.07) is 0. The maximum Gasteiger partial charge on any atom is 0.226 e. The Morgan fingerprint density at radius 2 is 2.14 bits per heavy atom. The zero-order valence-electron chi connectivity index (χ0n) is 8.27. The molecule has 0 aliphatic rings. The van der Waals surface area contributed by atoms with E-state index < -0.39 is 0 Å². The van der Waals surface area contributed by atoms with Crippen molar-refractivity contribution in [3.63, 3.8) is 0 Å². The first-order valence-electron chi connectivity index (χ1n) is 4.15. The molecule has 0 saturated heterocycles. The number of anilines is 1. The molecule has 0 aromatic carbocycles. The third-order valence-corrected chi connectivity index (χ3v) is 2.38. The topological polar surface area (TPSA) is 57.7 Å². The maximum atomic E-state index is 4.30. The van der Waals surface area contributed by atoms with Gasteiger partial charge in [0.15, 0.2) is 10.8 Å². The minimum atomic E-state index is 0.677. The van der Waals surface area contributed by atoms with Crippen molar-refractivity contribution < 1.29 is 0 Å². The van der Waals surface area contributed by atoms with Gasteiger partial charge in [-0.3, -0.25) is 0 Å². The zero-order chi connectivity index (χ0) is 10.1. The smallest absolute Gasteiger partial charge is 0.226 e. The summed E-state index contributed by atoms with van der Waals surface area (Å²) in [4.78, 5) is 17.8. The van der Waals surface area contributed by atoms with Gasteiger partial charge in [-0.05, 0) is 6.26 Å². The molecular formula is C8H11N5S. The van der Waals surface area contributed by atoms with Crippen LogP contribution in [0.2, 0.25) is 0 Å². The van der Waals surface area contributed by atoms with Gasteiger partial charge in [-0.1, -0.05) is 11.8 Å². The molecule has 0 unspecified atom stereocenters. The molecule has 0 atom stereocenters. The fourth-order valence-corrected chi connectivity index (χ4v) is 1.48. The highest BCUT2D eigenvalue weighted by atomic mass is 32.2. The van der Waals surface area contributed by atoms with Crippen molar-refractivity contribution in [3.05, 3.63) is 6.20 Å². The van der Waals surface area contributed by atoms with Gasteiger partial charge in [0.2, 0.25) is 5.95 Å². The third-order valence-electron chi connectivity index (χ3n) is 1.80. The summed E-state index contributed by atoms with van der Waals surface area (Å²) >= 11 is 1.56. The Hall–Kier alpha value is -1.30. The lowest BCUT2D eigenvalue weighted by Crippen LogP contribution is -2.12. The normalized spacial score (nSPS) is 10.8. The lowest BCUT2D eigenvalue weighted by atomic mass is 10.5. The molecular weight excluding hydrogens is 198 g/mol. The zero-order valence-corrected chi connectivity index (χ0v) is 9.09. The first-order chi connectivity index (χ1) is 6.70. The molecule has 74 valence electrons. The fourth-order valence-electron chi connectivity index (χ4n) is 1.09. The predicted molar refractivity (Wildman–Crippen MR) is 57.8 cm³/mol. The van der Waals surface area contributed by atoms with Crippen LogP contribution in [0.4, 0.5) is 5.95 Å². The van der Waals surface area contributed by atoms with Gasteiger partial charge in [0.1, 0.15) is 5.52 Å². The molecule has 0 aliphatic carbocycles. The van der Waals surface area contributed by atoms with Crippen molar-refractivity contribution in [2.45, 2.75) is 5.16 Å².